The zero-order valence-electron chi connectivity index (χ0n) is 21.7. The van der Waals surface area contributed by atoms with E-state index in [9.17, 15) is 19.2 Å². The van der Waals surface area contributed by atoms with Crippen LogP contribution in [0.5, 0.6) is 0 Å². The smallest absolute Gasteiger partial charge is 0.320 e. The second-order valence-electron chi connectivity index (χ2n) is 9.11. The van der Waals surface area contributed by atoms with Crippen molar-refractivity contribution in [3.63, 3.8) is 0 Å². The molecule has 3 aromatic rings. The lowest BCUT2D eigenvalue weighted by atomic mass is 9.84. The van der Waals surface area contributed by atoms with Gasteiger partial charge in [-0.2, -0.15) is 0 Å². The summed E-state index contributed by atoms with van der Waals surface area (Å²) >= 11 is 1.49. The Hall–Kier alpha value is -3.95. The molecule has 2 atom stereocenters. The Morgan fingerprint density at radius 2 is 1.31 bits per heavy atom. The Morgan fingerprint density at radius 1 is 0.846 bits per heavy atom. The van der Waals surface area contributed by atoms with Gasteiger partial charge in [-0.1, -0.05) is 91.0 Å². The predicted octanol–water partition coefficient (Wildman–Crippen LogP) is 3.09. The van der Waals surface area contributed by atoms with Crippen LogP contribution in [0.1, 0.15) is 36.5 Å². The van der Waals surface area contributed by atoms with Crippen LogP contribution in [0.4, 0.5) is 0 Å². The third-order valence-corrected chi connectivity index (χ3v) is 7.81. The minimum Gasteiger partial charge on any atom is -0.480 e. The van der Waals surface area contributed by atoms with Crippen LogP contribution in [-0.2, 0) is 23.9 Å². The van der Waals surface area contributed by atoms with Crippen molar-refractivity contribution in [2.45, 2.75) is 36.6 Å². The van der Waals surface area contributed by atoms with Gasteiger partial charge in [-0.3, -0.25) is 19.2 Å². The summed E-state index contributed by atoms with van der Waals surface area (Å²) in [6, 6.07) is 27.6. The second-order valence-corrected chi connectivity index (χ2v) is 10.3. The molecule has 0 radical (unpaired) electrons. The van der Waals surface area contributed by atoms with Crippen LogP contribution in [0, 0.1) is 0 Å². The van der Waals surface area contributed by atoms with E-state index < -0.39 is 34.6 Å². The maximum Gasteiger partial charge on any atom is 0.320 e. The first-order chi connectivity index (χ1) is 18.7. The van der Waals surface area contributed by atoms with Crippen molar-refractivity contribution in [1.29, 1.82) is 0 Å². The molecule has 0 bridgehead atoms. The summed E-state index contributed by atoms with van der Waals surface area (Å²) < 4.78 is -0.723. The number of carboxylic acids is 1. The van der Waals surface area contributed by atoms with E-state index in [2.05, 4.69) is 10.6 Å². The van der Waals surface area contributed by atoms with Gasteiger partial charge >= 0.3 is 5.97 Å². The largest absolute Gasteiger partial charge is 0.480 e. The van der Waals surface area contributed by atoms with Crippen LogP contribution in [0.3, 0.4) is 0 Å². The number of carbonyl (C=O) groups excluding carboxylic acids is 3. The highest BCUT2D eigenvalue weighted by Crippen LogP contribution is 2.48. The second kappa shape index (κ2) is 14.3. The Bertz CT molecular complexity index is 1160. The topological polar surface area (TPSA) is 139 Å². The Labute approximate surface area is 232 Å². The van der Waals surface area contributed by atoms with Gasteiger partial charge in [0.15, 0.2) is 0 Å². The number of thioether (sulfide) groups is 1. The quantitative estimate of drug-likeness (QED) is 0.228. The zero-order chi connectivity index (χ0) is 28.3. The van der Waals surface area contributed by atoms with E-state index in [-0.39, 0.29) is 30.9 Å². The first-order valence-corrected chi connectivity index (χ1v) is 13.6. The van der Waals surface area contributed by atoms with E-state index in [1.807, 2.05) is 91.0 Å². The summed E-state index contributed by atoms with van der Waals surface area (Å²) in [5.41, 5.74) is 8.53. The summed E-state index contributed by atoms with van der Waals surface area (Å²) in [6.45, 7) is 1.20. The molecule has 8 nitrogen and oxygen atoms in total. The van der Waals surface area contributed by atoms with Gasteiger partial charge in [0.25, 0.3) is 0 Å². The first kappa shape index (κ1) is 29.6. The SMILES string of the molecule is CC(=O)CNC(=O)[C@H](CSC(c1ccccc1)(c1ccccc1)c1ccccc1)NC(=O)CC[C@H](N)C(=O)O. The molecule has 0 saturated carbocycles. The molecule has 5 N–H and O–H groups in total. The minimum absolute atomic E-state index is 0.0714. The Balaban J connectivity index is 1.98. The highest BCUT2D eigenvalue weighted by molar-refractivity contribution is 8.00. The number of rotatable bonds is 14. The molecule has 0 heterocycles. The number of Topliss-reactive ketones (excluding diaryl/α,β-unsaturated/α-hetero) is 1. The van der Waals surface area contributed by atoms with E-state index >= 15 is 0 Å². The third-order valence-electron chi connectivity index (χ3n) is 6.17. The molecule has 0 aromatic heterocycles. The number of carboxylic acid groups (broad SMARTS) is 1. The fraction of sp³-hybridized carbons (Fsp3) is 0.267. The van der Waals surface area contributed by atoms with E-state index in [0.29, 0.717) is 0 Å². The van der Waals surface area contributed by atoms with Crippen molar-refractivity contribution in [3.05, 3.63) is 108 Å². The number of hydrogen-bond acceptors (Lipinski definition) is 6. The summed E-state index contributed by atoms with van der Waals surface area (Å²) in [6.07, 6.45) is -0.228. The van der Waals surface area contributed by atoms with Crippen LogP contribution in [0.15, 0.2) is 91.0 Å². The van der Waals surface area contributed by atoms with Crippen molar-refractivity contribution in [3.8, 4) is 0 Å². The van der Waals surface area contributed by atoms with Crippen LogP contribution < -0.4 is 16.4 Å². The number of ketones is 1. The molecule has 2 amide bonds. The van der Waals surface area contributed by atoms with E-state index in [1.54, 1.807) is 0 Å². The molecule has 0 aliphatic rings. The van der Waals surface area contributed by atoms with Crippen molar-refractivity contribution in [1.82, 2.24) is 10.6 Å². The number of amides is 2. The maximum atomic E-state index is 13.1. The van der Waals surface area contributed by atoms with Crippen LogP contribution >= 0.6 is 11.8 Å². The molecular formula is C30H33N3O5S. The number of nitrogens with one attached hydrogen (secondary N) is 2. The Kier molecular flexibility index (Phi) is 10.8. The molecular weight excluding hydrogens is 514 g/mol. The molecule has 0 unspecified atom stereocenters. The van der Waals surface area contributed by atoms with Gasteiger partial charge in [0.2, 0.25) is 11.8 Å². The number of hydrogen-bond donors (Lipinski definition) is 4. The zero-order valence-corrected chi connectivity index (χ0v) is 22.5. The fourth-order valence-corrected chi connectivity index (χ4v) is 5.73. The molecule has 0 spiro atoms. The summed E-state index contributed by atoms with van der Waals surface area (Å²) in [5.74, 6) is -2.26. The molecule has 39 heavy (non-hydrogen) atoms. The number of benzene rings is 3. The Morgan fingerprint density at radius 3 is 1.72 bits per heavy atom. The molecule has 204 valence electrons. The first-order valence-electron chi connectivity index (χ1n) is 12.6. The van der Waals surface area contributed by atoms with Crippen LogP contribution in [-0.4, -0.2) is 53.1 Å². The van der Waals surface area contributed by atoms with Crippen LogP contribution in [0.25, 0.3) is 0 Å². The predicted molar refractivity (Wildman–Crippen MR) is 152 cm³/mol. The van der Waals surface area contributed by atoms with E-state index in [1.165, 1.54) is 18.7 Å². The normalized spacial score (nSPS) is 12.7. The van der Waals surface area contributed by atoms with Gasteiger partial charge in [-0.05, 0) is 30.0 Å². The molecule has 0 aliphatic carbocycles. The van der Waals surface area contributed by atoms with E-state index in [4.69, 9.17) is 10.8 Å². The highest BCUT2D eigenvalue weighted by Gasteiger charge is 2.38. The summed E-state index contributed by atoms with van der Waals surface area (Å²) in [4.78, 5) is 48.5. The van der Waals surface area contributed by atoms with E-state index in [0.717, 1.165) is 16.7 Å². The van der Waals surface area contributed by atoms with Crippen molar-refractivity contribution in [2.75, 3.05) is 12.3 Å². The lowest BCUT2D eigenvalue weighted by Crippen LogP contribution is -2.50. The lowest BCUT2D eigenvalue weighted by molar-refractivity contribution is -0.138. The molecule has 3 aromatic carbocycles. The maximum absolute atomic E-state index is 13.1. The van der Waals surface area contributed by atoms with Gasteiger partial charge in [-0.15, -0.1) is 11.8 Å². The van der Waals surface area contributed by atoms with Gasteiger partial charge in [-0.25, -0.2) is 0 Å². The summed E-state index contributed by atoms with van der Waals surface area (Å²) in [5, 5.41) is 14.4. The average molecular weight is 548 g/mol. The lowest BCUT2D eigenvalue weighted by Gasteiger charge is -2.36. The fourth-order valence-electron chi connectivity index (χ4n) is 4.17. The van der Waals surface area contributed by atoms with Gasteiger partial charge in [0.1, 0.15) is 17.9 Å². The molecule has 0 saturated heterocycles. The molecule has 0 fully saturated rings. The van der Waals surface area contributed by atoms with Crippen molar-refractivity contribution >= 4 is 35.3 Å². The summed E-state index contributed by atoms with van der Waals surface area (Å²) in [7, 11) is 0. The van der Waals surface area contributed by atoms with Gasteiger partial charge in [0.05, 0.1) is 11.3 Å². The number of nitrogens with two attached hydrogens (primary N) is 1. The monoisotopic (exact) mass is 547 g/mol. The van der Waals surface area contributed by atoms with Crippen molar-refractivity contribution < 1.29 is 24.3 Å². The number of carbonyl (C=O) groups is 4. The van der Waals surface area contributed by atoms with Gasteiger partial charge < -0.3 is 21.5 Å². The van der Waals surface area contributed by atoms with Gasteiger partial charge in [0, 0.05) is 12.2 Å². The standard InChI is InChI=1S/C30H33N3O5S/c1-21(34)19-32-28(36)26(33-27(35)18-17-25(31)29(37)38)20-39-30(22-11-5-2-6-12-22,23-13-7-3-8-14-23)24-15-9-4-10-16-24/h2-16,25-26H,17-20,31H2,1H3,(H,32,36)(H,33,35)(H,37,38)/t25-,26-/m0/s1. The minimum atomic E-state index is -1.20. The third kappa shape index (κ3) is 8.02. The highest BCUT2D eigenvalue weighted by atomic mass is 32.2. The number of aliphatic carboxylic acids is 1. The molecule has 0 aliphatic heterocycles. The van der Waals surface area contributed by atoms with Crippen molar-refractivity contribution in [2.24, 2.45) is 5.73 Å². The average Bonchev–Trinajstić information content (AvgIpc) is 2.95. The molecule has 3 rings (SSSR count). The van der Waals surface area contributed by atoms with Crippen LogP contribution in [0.2, 0.25) is 0 Å². The molecule has 9 heteroatoms.